The summed E-state index contributed by atoms with van der Waals surface area (Å²) < 4.78 is 0. The molecule has 0 aromatic carbocycles. The zero-order valence-electron chi connectivity index (χ0n) is 30.6. The summed E-state index contributed by atoms with van der Waals surface area (Å²) in [7, 11) is 0. The lowest BCUT2D eigenvalue weighted by molar-refractivity contribution is -0.122. The minimum atomic E-state index is 0.0518. The molecule has 1 atom stereocenters. The molecule has 1 amide bonds. The Morgan fingerprint density at radius 1 is 0.622 bits per heavy atom. The predicted octanol–water partition coefficient (Wildman–Crippen LogP) is 12.6. The molecule has 45 heavy (non-hydrogen) atoms. The lowest BCUT2D eigenvalue weighted by Crippen LogP contribution is -2.47. The number of amidine groups is 1. The number of rotatable bonds is 33. The Kier molecular flexibility index (Phi) is 29.8. The van der Waals surface area contributed by atoms with Crippen molar-refractivity contribution in [1.29, 1.82) is 0 Å². The fraction of sp³-hybridized carbons (Fsp3) is 0.854. The molecule has 1 aliphatic heterocycles. The molecule has 0 fully saturated rings. The van der Waals surface area contributed by atoms with Crippen molar-refractivity contribution in [3.63, 3.8) is 0 Å². The zero-order valence-corrected chi connectivity index (χ0v) is 30.6. The van der Waals surface area contributed by atoms with Crippen molar-refractivity contribution < 1.29 is 4.79 Å². The Bertz CT molecular complexity index is 743. The number of unbranched alkanes of at least 4 members (excludes halogenated alkanes) is 23. The van der Waals surface area contributed by atoms with Gasteiger partial charge in [0.25, 0.3) is 0 Å². The molecule has 0 spiro atoms. The highest BCUT2D eigenvalue weighted by molar-refractivity contribution is 5.84. The van der Waals surface area contributed by atoms with Crippen LogP contribution in [0.5, 0.6) is 0 Å². The molecule has 0 saturated heterocycles. The van der Waals surface area contributed by atoms with Gasteiger partial charge in [0, 0.05) is 19.4 Å². The van der Waals surface area contributed by atoms with Gasteiger partial charge in [-0.2, -0.15) is 0 Å². The first-order valence-electron chi connectivity index (χ1n) is 20.1. The molecular weight excluding hydrogens is 550 g/mol. The fourth-order valence-corrected chi connectivity index (χ4v) is 6.42. The molecule has 0 aromatic rings. The SMILES string of the molecule is CCCCCCCC/C=C\CCCCCCCCC1=NCCN1C(C)NC(=O)CCCCCCC/C=C\CCCCCCCC. The van der Waals surface area contributed by atoms with Crippen molar-refractivity contribution in [2.75, 3.05) is 13.1 Å². The normalized spacial score (nSPS) is 14.2. The second-order valence-electron chi connectivity index (χ2n) is 13.8. The van der Waals surface area contributed by atoms with Gasteiger partial charge in [-0.3, -0.25) is 9.79 Å². The quantitative estimate of drug-likeness (QED) is 0.0581. The number of allylic oxidation sites excluding steroid dienone is 4. The first-order valence-corrected chi connectivity index (χ1v) is 20.1. The zero-order chi connectivity index (χ0) is 32.5. The van der Waals surface area contributed by atoms with Crippen molar-refractivity contribution >= 4 is 11.7 Å². The van der Waals surface area contributed by atoms with Gasteiger partial charge in [0.1, 0.15) is 5.84 Å². The summed E-state index contributed by atoms with van der Waals surface area (Å²) in [6.45, 7) is 8.50. The summed E-state index contributed by atoms with van der Waals surface area (Å²) in [5.41, 5.74) is 0. The van der Waals surface area contributed by atoms with Crippen LogP contribution in [-0.2, 0) is 4.79 Å². The van der Waals surface area contributed by atoms with Gasteiger partial charge in [-0.05, 0) is 71.1 Å². The third-order valence-electron chi connectivity index (χ3n) is 9.38. The van der Waals surface area contributed by atoms with E-state index in [1.165, 1.54) is 166 Å². The van der Waals surface area contributed by atoms with Crippen molar-refractivity contribution in [3.8, 4) is 0 Å². The highest BCUT2D eigenvalue weighted by Gasteiger charge is 2.22. The first-order chi connectivity index (χ1) is 22.2. The summed E-state index contributed by atoms with van der Waals surface area (Å²) in [5, 5.41) is 3.25. The van der Waals surface area contributed by atoms with Gasteiger partial charge < -0.3 is 10.2 Å². The Hall–Kier alpha value is -1.58. The molecule has 1 aliphatic rings. The van der Waals surface area contributed by atoms with Gasteiger partial charge in [-0.1, -0.05) is 147 Å². The maximum absolute atomic E-state index is 12.6. The molecule has 1 heterocycles. The van der Waals surface area contributed by atoms with Crippen LogP contribution in [0.25, 0.3) is 0 Å². The van der Waals surface area contributed by atoms with Crippen LogP contribution in [-0.4, -0.2) is 35.9 Å². The van der Waals surface area contributed by atoms with Crippen LogP contribution in [0.4, 0.5) is 0 Å². The molecule has 1 rings (SSSR count). The molecular formula is C41H77N3O. The maximum Gasteiger partial charge on any atom is 0.221 e. The Morgan fingerprint density at radius 3 is 1.49 bits per heavy atom. The molecule has 0 radical (unpaired) electrons. The van der Waals surface area contributed by atoms with E-state index in [0.717, 1.165) is 32.4 Å². The Labute approximate surface area is 281 Å². The predicted molar refractivity (Wildman–Crippen MR) is 200 cm³/mol. The minimum Gasteiger partial charge on any atom is -0.338 e. The van der Waals surface area contributed by atoms with E-state index in [1.807, 2.05) is 0 Å². The van der Waals surface area contributed by atoms with E-state index in [2.05, 4.69) is 55.3 Å². The van der Waals surface area contributed by atoms with Crippen molar-refractivity contribution in [1.82, 2.24) is 10.2 Å². The highest BCUT2D eigenvalue weighted by Crippen LogP contribution is 2.15. The van der Waals surface area contributed by atoms with Gasteiger partial charge in [-0.25, -0.2) is 0 Å². The number of carbonyl (C=O) groups excluding carboxylic acids is 1. The monoisotopic (exact) mass is 628 g/mol. The number of nitrogens with one attached hydrogen (secondary N) is 1. The maximum atomic E-state index is 12.6. The lowest BCUT2D eigenvalue weighted by atomic mass is 10.1. The van der Waals surface area contributed by atoms with Crippen LogP contribution < -0.4 is 5.32 Å². The number of hydrogen-bond acceptors (Lipinski definition) is 3. The Balaban J connectivity index is 1.95. The van der Waals surface area contributed by atoms with Crippen LogP contribution in [0.15, 0.2) is 29.3 Å². The summed E-state index contributed by atoms with van der Waals surface area (Å²) in [4.78, 5) is 19.7. The standard InChI is InChI=1S/C41H77N3O/c1-4-6-8-10-12-14-16-18-20-22-23-25-27-29-31-33-35-40-42-37-38-44(40)39(3)43-41(45)36-34-32-30-28-26-24-21-19-17-15-13-11-9-7-5-2/h18-21,39H,4-17,22-38H2,1-3H3,(H,43,45)/b20-18-,21-19-. The third kappa shape index (κ3) is 26.2. The van der Waals surface area contributed by atoms with E-state index < -0.39 is 0 Å². The van der Waals surface area contributed by atoms with Crippen LogP contribution in [0.2, 0.25) is 0 Å². The lowest BCUT2D eigenvalue weighted by Gasteiger charge is -2.28. The second-order valence-corrected chi connectivity index (χ2v) is 13.8. The smallest absolute Gasteiger partial charge is 0.221 e. The van der Waals surface area contributed by atoms with Crippen molar-refractivity contribution in [3.05, 3.63) is 24.3 Å². The molecule has 0 bridgehead atoms. The van der Waals surface area contributed by atoms with Crippen LogP contribution in [0.3, 0.4) is 0 Å². The third-order valence-corrected chi connectivity index (χ3v) is 9.38. The largest absolute Gasteiger partial charge is 0.338 e. The minimum absolute atomic E-state index is 0.0518. The van der Waals surface area contributed by atoms with E-state index in [4.69, 9.17) is 4.99 Å². The van der Waals surface area contributed by atoms with Crippen molar-refractivity contribution in [2.45, 2.75) is 213 Å². The molecule has 262 valence electrons. The van der Waals surface area contributed by atoms with E-state index in [9.17, 15) is 4.79 Å². The molecule has 0 aliphatic carbocycles. The highest BCUT2D eigenvalue weighted by atomic mass is 16.1. The topological polar surface area (TPSA) is 44.7 Å². The van der Waals surface area contributed by atoms with Gasteiger partial charge in [0.15, 0.2) is 0 Å². The molecule has 4 heteroatoms. The van der Waals surface area contributed by atoms with Crippen LogP contribution >= 0.6 is 0 Å². The second kappa shape index (κ2) is 32.4. The van der Waals surface area contributed by atoms with E-state index in [1.54, 1.807) is 0 Å². The molecule has 0 saturated carbocycles. The van der Waals surface area contributed by atoms with Gasteiger partial charge in [-0.15, -0.1) is 0 Å². The fourth-order valence-electron chi connectivity index (χ4n) is 6.42. The molecule has 4 nitrogen and oxygen atoms in total. The number of amides is 1. The van der Waals surface area contributed by atoms with E-state index in [-0.39, 0.29) is 12.1 Å². The molecule has 1 unspecified atom stereocenters. The summed E-state index contributed by atoms with van der Waals surface area (Å²) in [6.07, 6.45) is 46.8. The summed E-state index contributed by atoms with van der Waals surface area (Å²) >= 11 is 0. The summed E-state index contributed by atoms with van der Waals surface area (Å²) in [5.74, 6) is 1.41. The number of hydrogen-bond donors (Lipinski definition) is 1. The summed E-state index contributed by atoms with van der Waals surface area (Å²) in [6, 6.07) is 0. The van der Waals surface area contributed by atoms with Crippen molar-refractivity contribution in [2.24, 2.45) is 4.99 Å². The van der Waals surface area contributed by atoms with E-state index in [0.29, 0.717) is 6.42 Å². The average Bonchev–Trinajstić information content (AvgIpc) is 3.51. The number of nitrogens with zero attached hydrogens (tertiary/aromatic N) is 2. The van der Waals surface area contributed by atoms with Crippen LogP contribution in [0.1, 0.15) is 207 Å². The Morgan fingerprint density at radius 2 is 1.02 bits per heavy atom. The van der Waals surface area contributed by atoms with Gasteiger partial charge in [0.2, 0.25) is 5.91 Å². The molecule has 1 N–H and O–H groups in total. The number of carbonyl (C=O) groups is 1. The van der Waals surface area contributed by atoms with Crippen LogP contribution in [0, 0.1) is 0 Å². The average molecular weight is 628 g/mol. The van der Waals surface area contributed by atoms with Gasteiger partial charge >= 0.3 is 0 Å². The number of aliphatic imine (C=N–C) groups is 1. The molecule has 0 aromatic heterocycles. The van der Waals surface area contributed by atoms with Gasteiger partial charge in [0.05, 0.1) is 12.7 Å². The first kappa shape index (κ1) is 41.4. The van der Waals surface area contributed by atoms with E-state index >= 15 is 0 Å².